The van der Waals surface area contributed by atoms with Gasteiger partial charge in [-0.05, 0) is 31.0 Å². The van der Waals surface area contributed by atoms with Crippen molar-refractivity contribution >= 4 is 11.8 Å². The van der Waals surface area contributed by atoms with E-state index in [4.69, 9.17) is 5.11 Å². The largest absolute Gasteiger partial charge is 0.384 e. The zero-order valence-electron chi connectivity index (χ0n) is 11.4. The van der Waals surface area contributed by atoms with Crippen LogP contribution < -0.4 is 0 Å². The minimum Gasteiger partial charge on any atom is -0.384 e. The van der Waals surface area contributed by atoms with Crippen LogP contribution in [0.1, 0.15) is 43.4 Å². The molecule has 4 heteroatoms. The van der Waals surface area contributed by atoms with E-state index < -0.39 is 0 Å². The van der Waals surface area contributed by atoms with Gasteiger partial charge in [0.25, 0.3) is 0 Å². The SMILES string of the molecule is CC(c1ccc(C#CCO)cc1)N1C(=O)CCCC1=O. The number of likely N-dealkylation sites (tertiary alicyclic amines) is 1. The van der Waals surface area contributed by atoms with Gasteiger partial charge in [0.1, 0.15) is 6.61 Å². The Morgan fingerprint density at radius 2 is 1.80 bits per heavy atom. The zero-order valence-corrected chi connectivity index (χ0v) is 11.4. The number of benzene rings is 1. The van der Waals surface area contributed by atoms with Gasteiger partial charge < -0.3 is 5.11 Å². The number of piperidine rings is 1. The molecule has 0 saturated carbocycles. The van der Waals surface area contributed by atoms with Gasteiger partial charge in [0, 0.05) is 18.4 Å². The summed E-state index contributed by atoms with van der Waals surface area (Å²) in [5.74, 6) is 5.19. The molecule has 2 rings (SSSR count). The van der Waals surface area contributed by atoms with Gasteiger partial charge in [0.05, 0.1) is 6.04 Å². The lowest BCUT2D eigenvalue weighted by atomic mass is 10.0. The normalized spacial score (nSPS) is 16.6. The second kappa shape index (κ2) is 6.36. The van der Waals surface area contributed by atoms with E-state index in [1.807, 2.05) is 31.2 Å². The number of nitrogens with zero attached hydrogens (tertiary/aromatic N) is 1. The van der Waals surface area contributed by atoms with Gasteiger partial charge >= 0.3 is 0 Å². The van der Waals surface area contributed by atoms with Crippen molar-refractivity contribution in [3.05, 3.63) is 35.4 Å². The molecule has 20 heavy (non-hydrogen) atoms. The molecule has 0 aliphatic carbocycles. The van der Waals surface area contributed by atoms with Crippen LogP contribution >= 0.6 is 0 Å². The van der Waals surface area contributed by atoms with E-state index in [-0.39, 0.29) is 24.5 Å². The summed E-state index contributed by atoms with van der Waals surface area (Å²) in [5, 5.41) is 8.64. The highest BCUT2D eigenvalue weighted by molar-refractivity contribution is 5.97. The van der Waals surface area contributed by atoms with Crippen molar-refractivity contribution in [2.45, 2.75) is 32.2 Å². The second-order valence-electron chi connectivity index (χ2n) is 4.77. The molecule has 0 aromatic heterocycles. The summed E-state index contributed by atoms with van der Waals surface area (Å²) in [6, 6.07) is 7.12. The molecule has 1 aromatic rings. The van der Waals surface area contributed by atoms with E-state index in [9.17, 15) is 9.59 Å². The number of carbonyl (C=O) groups is 2. The molecule has 0 radical (unpaired) electrons. The van der Waals surface area contributed by atoms with Crippen molar-refractivity contribution in [1.29, 1.82) is 0 Å². The Labute approximate surface area is 118 Å². The highest BCUT2D eigenvalue weighted by Gasteiger charge is 2.30. The Morgan fingerprint density at radius 3 is 2.35 bits per heavy atom. The first kappa shape index (κ1) is 14.3. The highest BCUT2D eigenvalue weighted by Crippen LogP contribution is 2.25. The topological polar surface area (TPSA) is 57.6 Å². The first-order chi connectivity index (χ1) is 9.63. The van der Waals surface area contributed by atoms with E-state index in [1.54, 1.807) is 0 Å². The van der Waals surface area contributed by atoms with Crippen molar-refractivity contribution in [2.75, 3.05) is 6.61 Å². The molecule has 1 aliphatic rings. The monoisotopic (exact) mass is 271 g/mol. The van der Waals surface area contributed by atoms with E-state index in [1.165, 1.54) is 4.90 Å². The van der Waals surface area contributed by atoms with Gasteiger partial charge in [-0.1, -0.05) is 24.0 Å². The minimum absolute atomic E-state index is 0.0992. The molecule has 4 nitrogen and oxygen atoms in total. The molecule has 1 unspecified atom stereocenters. The number of hydrogen-bond acceptors (Lipinski definition) is 3. The predicted octanol–water partition coefficient (Wildman–Crippen LogP) is 1.63. The maximum Gasteiger partial charge on any atom is 0.229 e. The molecular weight excluding hydrogens is 254 g/mol. The molecule has 0 spiro atoms. The molecule has 0 bridgehead atoms. The van der Waals surface area contributed by atoms with Gasteiger partial charge in [-0.25, -0.2) is 0 Å². The van der Waals surface area contributed by atoms with Gasteiger partial charge in [-0.15, -0.1) is 0 Å². The smallest absolute Gasteiger partial charge is 0.229 e. The fourth-order valence-corrected chi connectivity index (χ4v) is 2.34. The molecule has 1 heterocycles. The molecule has 1 aromatic carbocycles. The van der Waals surface area contributed by atoms with E-state index in [0.717, 1.165) is 11.1 Å². The Morgan fingerprint density at radius 1 is 1.20 bits per heavy atom. The Balaban J connectivity index is 2.18. The van der Waals surface area contributed by atoms with Crippen LogP contribution in [0, 0.1) is 11.8 Å². The van der Waals surface area contributed by atoms with Gasteiger partial charge in [-0.3, -0.25) is 14.5 Å². The quantitative estimate of drug-likeness (QED) is 0.657. The lowest BCUT2D eigenvalue weighted by Gasteiger charge is -2.30. The molecule has 1 aliphatic heterocycles. The Hall–Kier alpha value is -2.12. The summed E-state index contributed by atoms with van der Waals surface area (Å²) in [7, 11) is 0. The number of amides is 2. The second-order valence-corrected chi connectivity index (χ2v) is 4.77. The van der Waals surface area contributed by atoms with Crippen molar-refractivity contribution in [1.82, 2.24) is 4.90 Å². The summed E-state index contributed by atoms with van der Waals surface area (Å²) in [5.41, 5.74) is 1.70. The third-order valence-electron chi connectivity index (χ3n) is 3.41. The molecule has 2 amide bonds. The third-order valence-corrected chi connectivity index (χ3v) is 3.41. The van der Waals surface area contributed by atoms with Crippen LogP contribution in [0.4, 0.5) is 0 Å². The fourth-order valence-electron chi connectivity index (χ4n) is 2.34. The third kappa shape index (κ3) is 3.06. The average molecular weight is 271 g/mol. The molecule has 1 atom stereocenters. The average Bonchev–Trinajstić information content (AvgIpc) is 2.45. The van der Waals surface area contributed by atoms with Crippen LogP contribution in [-0.2, 0) is 9.59 Å². The first-order valence-electron chi connectivity index (χ1n) is 6.68. The number of aliphatic hydroxyl groups excluding tert-OH is 1. The van der Waals surface area contributed by atoms with Crippen LogP contribution in [0.5, 0.6) is 0 Å². The Bertz CT molecular complexity index is 550. The number of carbonyl (C=O) groups excluding carboxylic acids is 2. The lowest BCUT2D eigenvalue weighted by molar-refractivity contribution is -0.150. The summed E-state index contributed by atoms with van der Waals surface area (Å²) in [6.45, 7) is 1.68. The summed E-state index contributed by atoms with van der Waals surface area (Å²) < 4.78 is 0. The Kier molecular flexibility index (Phi) is 4.54. The van der Waals surface area contributed by atoms with E-state index in [2.05, 4.69) is 11.8 Å². The molecule has 1 saturated heterocycles. The number of rotatable bonds is 2. The summed E-state index contributed by atoms with van der Waals surface area (Å²) in [6.07, 6.45) is 1.53. The van der Waals surface area contributed by atoms with Crippen molar-refractivity contribution in [3.63, 3.8) is 0 Å². The minimum atomic E-state index is -0.254. The fraction of sp³-hybridized carbons (Fsp3) is 0.375. The van der Waals surface area contributed by atoms with Crippen LogP contribution in [0.2, 0.25) is 0 Å². The van der Waals surface area contributed by atoms with Crippen LogP contribution in [0.15, 0.2) is 24.3 Å². The van der Waals surface area contributed by atoms with Gasteiger partial charge in [0.15, 0.2) is 0 Å². The van der Waals surface area contributed by atoms with Gasteiger partial charge in [-0.2, -0.15) is 0 Å². The number of aliphatic hydroxyl groups is 1. The first-order valence-corrected chi connectivity index (χ1v) is 6.68. The standard InChI is InChI=1S/C16H17NO3/c1-12(17-15(19)5-2-6-16(17)20)14-9-7-13(8-10-14)4-3-11-18/h7-10,12,18H,2,5-6,11H2,1H3. The number of imide groups is 1. The lowest BCUT2D eigenvalue weighted by Crippen LogP contribution is -2.41. The van der Waals surface area contributed by atoms with Crippen molar-refractivity contribution < 1.29 is 14.7 Å². The molecule has 104 valence electrons. The van der Waals surface area contributed by atoms with Crippen molar-refractivity contribution in [3.8, 4) is 11.8 Å². The summed E-state index contributed by atoms with van der Waals surface area (Å²) >= 11 is 0. The van der Waals surface area contributed by atoms with E-state index in [0.29, 0.717) is 19.3 Å². The summed E-state index contributed by atoms with van der Waals surface area (Å²) in [4.78, 5) is 25.1. The maximum atomic E-state index is 11.9. The molecular formula is C16H17NO3. The number of hydrogen-bond donors (Lipinski definition) is 1. The zero-order chi connectivity index (χ0) is 14.5. The predicted molar refractivity (Wildman–Crippen MR) is 74.5 cm³/mol. The van der Waals surface area contributed by atoms with Crippen LogP contribution in [0.3, 0.4) is 0 Å². The van der Waals surface area contributed by atoms with Crippen LogP contribution in [0.25, 0.3) is 0 Å². The molecule has 1 fully saturated rings. The maximum absolute atomic E-state index is 11.9. The van der Waals surface area contributed by atoms with Crippen molar-refractivity contribution in [2.24, 2.45) is 0 Å². The van der Waals surface area contributed by atoms with Crippen LogP contribution in [-0.4, -0.2) is 28.4 Å². The highest BCUT2D eigenvalue weighted by atomic mass is 16.2. The van der Waals surface area contributed by atoms with Gasteiger partial charge in [0.2, 0.25) is 11.8 Å². The van der Waals surface area contributed by atoms with E-state index >= 15 is 0 Å². The molecule has 1 N–H and O–H groups in total.